The lowest BCUT2D eigenvalue weighted by atomic mass is 10.0. The smallest absolute Gasteiger partial charge is 0.354 e. The van der Waals surface area contributed by atoms with E-state index in [2.05, 4.69) is 4.98 Å². The number of rotatable bonds is 9. The number of anilines is 1. The molecule has 2 aromatic carbocycles. The Balaban J connectivity index is 1.99. The van der Waals surface area contributed by atoms with E-state index < -0.39 is 38.5 Å². The number of sulfone groups is 1. The number of aromatic nitrogens is 2. The second-order valence-corrected chi connectivity index (χ2v) is 11.4. The molecule has 2 N–H and O–H groups in total. The molecule has 0 radical (unpaired) electrons. The average molecular weight is 560 g/mol. The third-order valence-corrected chi connectivity index (χ3v) is 7.12. The summed E-state index contributed by atoms with van der Waals surface area (Å²) in [6, 6.07) is 14.8. The summed E-state index contributed by atoms with van der Waals surface area (Å²) in [6.45, 7) is 1.81. The molecule has 4 aromatic rings. The lowest BCUT2D eigenvalue weighted by Crippen LogP contribution is -2.30. The minimum Gasteiger partial charge on any atom is -0.461 e. The van der Waals surface area contributed by atoms with E-state index in [0.29, 0.717) is 28.0 Å². The molecule has 0 bridgehead atoms. The Bertz CT molecular complexity index is 1700. The molecule has 11 nitrogen and oxygen atoms in total. The van der Waals surface area contributed by atoms with Crippen LogP contribution in [0.15, 0.2) is 65.6 Å². The van der Waals surface area contributed by atoms with E-state index in [4.69, 9.17) is 9.47 Å². The van der Waals surface area contributed by atoms with Crippen LogP contribution in [0.5, 0.6) is 11.5 Å². The summed E-state index contributed by atoms with van der Waals surface area (Å²) in [4.78, 5) is 28.1. The zero-order chi connectivity index (χ0) is 27.6. The topological polar surface area (TPSA) is 148 Å². The molecule has 13 heteroatoms. The molecule has 0 aliphatic heterocycles. The van der Waals surface area contributed by atoms with Gasteiger partial charge in [-0.15, -0.1) is 0 Å². The fraction of sp³-hybridized carbons (Fsp3) is 0.200. The highest BCUT2D eigenvalue weighted by molar-refractivity contribution is 7.92. The molecule has 1 unspecified atom stereocenters. The molecule has 38 heavy (non-hydrogen) atoms. The van der Waals surface area contributed by atoms with Gasteiger partial charge >= 0.3 is 5.97 Å². The third-order valence-electron chi connectivity index (χ3n) is 5.51. The Labute approximate surface area is 221 Å². The quantitative estimate of drug-likeness (QED) is 0.234. The Kier molecular flexibility index (Phi) is 7.71. The van der Waals surface area contributed by atoms with Crippen molar-refractivity contribution >= 4 is 43.7 Å². The first-order chi connectivity index (χ1) is 18.0. The van der Waals surface area contributed by atoms with Gasteiger partial charge < -0.3 is 19.0 Å². The maximum atomic E-state index is 12.9. The largest absolute Gasteiger partial charge is 0.461 e. The van der Waals surface area contributed by atoms with Gasteiger partial charge in [-0.3, -0.25) is 13.7 Å². The van der Waals surface area contributed by atoms with E-state index in [1.165, 1.54) is 35.9 Å². The monoisotopic (exact) mass is 559 g/mol. The summed E-state index contributed by atoms with van der Waals surface area (Å²) in [7, 11) is -2.13. The minimum atomic E-state index is -3.67. The van der Waals surface area contributed by atoms with Crippen LogP contribution in [0.1, 0.15) is 17.4 Å². The number of ether oxygens (including phenoxy) is 2. The predicted molar refractivity (Wildman–Crippen MR) is 144 cm³/mol. The van der Waals surface area contributed by atoms with Crippen molar-refractivity contribution in [3.8, 4) is 22.6 Å². The number of hydrogen-bond donors (Lipinski definition) is 2. The van der Waals surface area contributed by atoms with Gasteiger partial charge in [0.1, 0.15) is 28.6 Å². The fourth-order valence-corrected chi connectivity index (χ4v) is 5.68. The van der Waals surface area contributed by atoms with Crippen LogP contribution in [0.2, 0.25) is 0 Å². The molecule has 0 fully saturated rings. The van der Waals surface area contributed by atoms with Gasteiger partial charge in [0.25, 0.3) is 16.8 Å². The molecule has 0 saturated carbocycles. The molecule has 2 aromatic heterocycles. The highest BCUT2D eigenvalue weighted by atomic mass is 32.2. The normalized spacial score (nSPS) is 12.3. The number of esters is 1. The number of aromatic amines is 1. The summed E-state index contributed by atoms with van der Waals surface area (Å²) >= 11 is -2.66. The van der Waals surface area contributed by atoms with Crippen molar-refractivity contribution in [1.29, 1.82) is 0 Å². The van der Waals surface area contributed by atoms with Crippen molar-refractivity contribution in [2.75, 3.05) is 23.0 Å². The molecule has 0 aliphatic carbocycles. The number of carbonyl (C=O) groups is 1. The molecule has 0 aliphatic rings. The molecule has 4 rings (SSSR count). The zero-order valence-corrected chi connectivity index (χ0v) is 22.3. The van der Waals surface area contributed by atoms with Gasteiger partial charge in [0.05, 0.1) is 12.3 Å². The second kappa shape index (κ2) is 10.8. The molecule has 0 saturated heterocycles. The van der Waals surface area contributed by atoms with E-state index in [-0.39, 0.29) is 23.5 Å². The number of nitrogens with zero attached hydrogens (tertiary/aromatic N) is 2. The number of aryl methyl sites for hydroxylation is 1. The summed E-state index contributed by atoms with van der Waals surface area (Å²) < 4.78 is 59.2. The predicted octanol–water partition coefficient (Wildman–Crippen LogP) is 3.45. The molecule has 200 valence electrons. The van der Waals surface area contributed by atoms with E-state index >= 15 is 0 Å². The summed E-state index contributed by atoms with van der Waals surface area (Å²) in [6.07, 6.45) is 2.50. The highest BCUT2D eigenvalue weighted by Crippen LogP contribution is 2.39. The number of para-hydroxylation sites is 1. The van der Waals surface area contributed by atoms with E-state index in [9.17, 15) is 26.8 Å². The van der Waals surface area contributed by atoms with Crippen molar-refractivity contribution < 1.29 is 31.4 Å². The first-order valence-corrected chi connectivity index (χ1v) is 14.4. The van der Waals surface area contributed by atoms with Gasteiger partial charge in [0.2, 0.25) is 0 Å². The van der Waals surface area contributed by atoms with Crippen LogP contribution in [-0.4, -0.2) is 51.4 Å². The van der Waals surface area contributed by atoms with Crippen molar-refractivity contribution in [3.05, 3.63) is 76.8 Å². The van der Waals surface area contributed by atoms with Crippen molar-refractivity contribution in [1.82, 2.24) is 9.55 Å². The maximum absolute atomic E-state index is 12.9. The van der Waals surface area contributed by atoms with Crippen molar-refractivity contribution in [3.63, 3.8) is 0 Å². The number of pyridine rings is 1. The van der Waals surface area contributed by atoms with Gasteiger partial charge in [-0.1, -0.05) is 18.2 Å². The van der Waals surface area contributed by atoms with E-state index in [0.717, 1.165) is 10.6 Å². The van der Waals surface area contributed by atoms with Gasteiger partial charge in [-0.05, 0) is 43.3 Å². The first kappa shape index (κ1) is 27.1. The number of carbonyl (C=O) groups excluding carboxylic acids is 1. The van der Waals surface area contributed by atoms with Crippen molar-refractivity contribution in [2.24, 2.45) is 7.05 Å². The van der Waals surface area contributed by atoms with Gasteiger partial charge in [0, 0.05) is 36.0 Å². The molecular formula is C25H25N3O8S2. The van der Waals surface area contributed by atoms with Crippen molar-refractivity contribution in [2.45, 2.75) is 6.92 Å². The third kappa shape index (κ3) is 5.79. The van der Waals surface area contributed by atoms with E-state index in [1.807, 2.05) is 6.07 Å². The number of benzene rings is 2. The van der Waals surface area contributed by atoms with Crippen LogP contribution < -0.4 is 14.6 Å². The van der Waals surface area contributed by atoms with Crippen LogP contribution in [0, 0.1) is 0 Å². The van der Waals surface area contributed by atoms with Crippen LogP contribution in [0.25, 0.3) is 22.0 Å². The van der Waals surface area contributed by atoms with Crippen LogP contribution in [-0.2, 0) is 32.9 Å². The Morgan fingerprint density at radius 3 is 2.47 bits per heavy atom. The zero-order valence-electron chi connectivity index (χ0n) is 20.7. The van der Waals surface area contributed by atoms with Crippen LogP contribution in [0.3, 0.4) is 0 Å². The van der Waals surface area contributed by atoms with Crippen LogP contribution >= 0.6 is 0 Å². The standard InChI is InChI=1S/C25H25N3O8S2/c1-4-35-25(30)21-13-19-20(14-27(2)24(29)23(19)26-21)18-12-16(28(37(31)32)15-38(3,33)34)10-11-22(18)36-17-8-6-5-7-9-17/h5-14,26H,4,15H2,1-3H3,(H,31,32). The first-order valence-electron chi connectivity index (χ1n) is 11.3. The van der Waals surface area contributed by atoms with Gasteiger partial charge in [-0.2, -0.15) is 0 Å². The number of H-pyrrole nitrogens is 1. The Morgan fingerprint density at radius 1 is 1.13 bits per heavy atom. The lowest BCUT2D eigenvalue weighted by molar-refractivity contribution is 0.0520. The van der Waals surface area contributed by atoms with E-state index in [1.54, 1.807) is 37.4 Å². The maximum Gasteiger partial charge on any atom is 0.354 e. The average Bonchev–Trinajstić information content (AvgIpc) is 3.31. The molecule has 0 spiro atoms. The minimum absolute atomic E-state index is 0.0725. The summed E-state index contributed by atoms with van der Waals surface area (Å²) in [5, 5.41) is 0.381. The SMILES string of the molecule is CCOC(=O)c1cc2c(-c3cc(N(CS(C)(=O)=O)S(=O)O)ccc3Oc3ccccc3)cn(C)c(=O)c2[nH]1. The number of fused-ring (bicyclic) bond motifs is 1. The lowest BCUT2D eigenvalue weighted by Gasteiger charge is -2.21. The van der Waals surface area contributed by atoms with Gasteiger partial charge in [-0.25, -0.2) is 17.4 Å². The second-order valence-electron chi connectivity index (χ2n) is 8.41. The fourth-order valence-electron chi connectivity index (χ4n) is 3.88. The molecular weight excluding hydrogens is 534 g/mol. The summed E-state index contributed by atoms with van der Waals surface area (Å²) in [5.41, 5.74) is 0.770. The highest BCUT2D eigenvalue weighted by Gasteiger charge is 2.23. The van der Waals surface area contributed by atoms with Gasteiger partial charge in [0.15, 0.2) is 9.84 Å². The molecule has 0 amide bonds. The summed E-state index contributed by atoms with van der Waals surface area (Å²) in [5.74, 6) is -0.528. The Hall–Kier alpha value is -3.94. The number of nitrogens with one attached hydrogen (secondary N) is 1. The number of hydrogen-bond acceptors (Lipinski definition) is 7. The van der Waals surface area contributed by atoms with Crippen LogP contribution in [0.4, 0.5) is 5.69 Å². The molecule has 2 heterocycles. The Morgan fingerprint density at radius 2 is 1.84 bits per heavy atom. The molecule has 1 atom stereocenters.